The number of alkyl halides is 2. The minimum atomic E-state index is 0.194. The van der Waals surface area contributed by atoms with Crippen LogP contribution in [0.3, 0.4) is 0 Å². The largest absolute Gasteiger partial charge is 0.396 e. The van der Waals surface area contributed by atoms with Crippen LogP contribution in [0, 0.1) is 5.92 Å². The molecule has 0 aliphatic rings. The SMILES string of the molecule is CCCCCCC(C)CO.ClCCl. The van der Waals surface area contributed by atoms with Crippen LogP contribution in [0.25, 0.3) is 0 Å². The van der Waals surface area contributed by atoms with Gasteiger partial charge in [-0.05, 0) is 12.3 Å². The van der Waals surface area contributed by atoms with Gasteiger partial charge in [-0.1, -0.05) is 39.5 Å². The monoisotopic (exact) mass is 228 g/mol. The van der Waals surface area contributed by atoms with Crippen molar-refractivity contribution in [2.75, 3.05) is 11.9 Å². The molecule has 1 N–H and O–H groups in total. The van der Waals surface area contributed by atoms with Gasteiger partial charge in [-0.15, -0.1) is 23.2 Å². The van der Waals surface area contributed by atoms with Gasteiger partial charge in [0.1, 0.15) is 0 Å². The molecule has 1 unspecified atom stereocenters. The molecule has 13 heavy (non-hydrogen) atoms. The first-order valence-electron chi connectivity index (χ1n) is 4.95. The Labute approximate surface area is 92.4 Å². The molecule has 0 aromatic rings. The van der Waals surface area contributed by atoms with Crippen molar-refractivity contribution < 1.29 is 5.11 Å². The van der Waals surface area contributed by atoms with E-state index >= 15 is 0 Å². The third kappa shape index (κ3) is 19.1. The zero-order valence-corrected chi connectivity index (χ0v) is 10.2. The molecule has 82 valence electrons. The zero-order chi connectivity index (χ0) is 10.5. The highest BCUT2D eigenvalue weighted by Gasteiger charge is 1.97. The molecule has 0 aliphatic heterocycles. The van der Waals surface area contributed by atoms with Crippen LogP contribution in [0.5, 0.6) is 0 Å². The van der Waals surface area contributed by atoms with E-state index in [0.717, 1.165) is 0 Å². The Balaban J connectivity index is 0. The fourth-order valence-corrected chi connectivity index (χ4v) is 1.01. The van der Waals surface area contributed by atoms with E-state index in [4.69, 9.17) is 28.3 Å². The molecule has 0 saturated carbocycles. The van der Waals surface area contributed by atoms with E-state index in [1.54, 1.807) is 0 Å². The zero-order valence-electron chi connectivity index (χ0n) is 8.73. The van der Waals surface area contributed by atoms with Gasteiger partial charge in [0.05, 0.1) is 5.34 Å². The lowest BCUT2D eigenvalue weighted by Crippen LogP contribution is -1.99. The number of aliphatic hydroxyl groups excluding tert-OH is 1. The molecule has 0 fully saturated rings. The van der Waals surface area contributed by atoms with Crippen molar-refractivity contribution in [3.63, 3.8) is 0 Å². The predicted molar refractivity (Wildman–Crippen MR) is 61.6 cm³/mol. The molecule has 0 aromatic carbocycles. The van der Waals surface area contributed by atoms with Crippen LogP contribution in [-0.4, -0.2) is 17.1 Å². The number of rotatable bonds is 6. The molecule has 0 radical (unpaired) electrons. The number of hydrogen-bond acceptors (Lipinski definition) is 1. The molecule has 1 nitrogen and oxygen atoms in total. The molecule has 0 spiro atoms. The minimum Gasteiger partial charge on any atom is -0.396 e. The summed E-state index contributed by atoms with van der Waals surface area (Å²) in [5.74, 6) is 0.511. The second kappa shape index (κ2) is 15.0. The predicted octanol–water partition coefficient (Wildman–Crippen LogP) is 4.01. The first-order valence-corrected chi connectivity index (χ1v) is 6.02. The topological polar surface area (TPSA) is 20.2 Å². The quantitative estimate of drug-likeness (QED) is 0.539. The molecule has 0 heterocycles. The van der Waals surface area contributed by atoms with Gasteiger partial charge in [-0.25, -0.2) is 0 Å². The average molecular weight is 229 g/mol. The summed E-state index contributed by atoms with van der Waals surface area (Å²) in [7, 11) is 0. The molecule has 0 rings (SSSR count). The van der Waals surface area contributed by atoms with Crippen LogP contribution in [-0.2, 0) is 0 Å². The summed E-state index contributed by atoms with van der Waals surface area (Å²) < 4.78 is 0. The van der Waals surface area contributed by atoms with Crippen molar-refractivity contribution in [3.8, 4) is 0 Å². The van der Waals surface area contributed by atoms with Gasteiger partial charge >= 0.3 is 0 Å². The fraction of sp³-hybridized carbons (Fsp3) is 1.00. The van der Waals surface area contributed by atoms with Crippen molar-refractivity contribution in [1.29, 1.82) is 0 Å². The summed E-state index contributed by atoms with van der Waals surface area (Å²) >= 11 is 9.53. The van der Waals surface area contributed by atoms with Crippen LogP contribution < -0.4 is 0 Å². The number of hydrogen-bond donors (Lipinski definition) is 1. The van der Waals surface area contributed by atoms with Crippen LogP contribution in [0.1, 0.15) is 46.0 Å². The Kier molecular flexibility index (Phi) is 18.5. The number of halogens is 2. The Morgan fingerprint density at radius 2 is 1.69 bits per heavy atom. The van der Waals surface area contributed by atoms with E-state index in [9.17, 15) is 0 Å². The molecular weight excluding hydrogens is 207 g/mol. The van der Waals surface area contributed by atoms with E-state index in [0.29, 0.717) is 12.5 Å². The molecule has 0 bridgehead atoms. The molecule has 1 atom stereocenters. The smallest absolute Gasteiger partial charge is 0.0967 e. The van der Waals surface area contributed by atoms with Crippen LogP contribution in [0.15, 0.2) is 0 Å². The summed E-state index contributed by atoms with van der Waals surface area (Å²) in [5, 5.41) is 8.89. The molecule has 0 saturated heterocycles. The Morgan fingerprint density at radius 1 is 1.15 bits per heavy atom. The summed E-state index contributed by atoms with van der Waals surface area (Å²) in [5.41, 5.74) is 0. The van der Waals surface area contributed by atoms with Crippen molar-refractivity contribution in [2.24, 2.45) is 5.92 Å². The second-order valence-electron chi connectivity index (χ2n) is 3.24. The summed E-state index contributed by atoms with van der Waals surface area (Å²) in [6.07, 6.45) is 6.46. The van der Waals surface area contributed by atoms with E-state index in [1.165, 1.54) is 32.1 Å². The Morgan fingerprint density at radius 3 is 2.08 bits per heavy atom. The highest BCUT2D eigenvalue weighted by molar-refractivity contribution is 6.40. The molecule has 0 amide bonds. The van der Waals surface area contributed by atoms with E-state index in [2.05, 4.69) is 13.8 Å². The summed E-state index contributed by atoms with van der Waals surface area (Å²) in [6, 6.07) is 0. The maximum Gasteiger partial charge on any atom is 0.0967 e. The standard InChI is InChI=1S/C9H20O.CH2Cl2/c1-3-4-5-6-7-9(2)8-10;2-1-3/h9-10H,3-8H2,1-2H3;1H2. The average Bonchev–Trinajstić information content (AvgIpc) is 2.13. The normalized spacial score (nSPS) is 11.8. The van der Waals surface area contributed by atoms with Crippen molar-refractivity contribution in [1.82, 2.24) is 0 Å². The highest BCUT2D eigenvalue weighted by Crippen LogP contribution is 2.08. The molecule has 0 aromatic heterocycles. The van der Waals surface area contributed by atoms with Gasteiger partial charge in [0.2, 0.25) is 0 Å². The lowest BCUT2D eigenvalue weighted by molar-refractivity contribution is 0.227. The van der Waals surface area contributed by atoms with Crippen LogP contribution in [0.4, 0.5) is 0 Å². The van der Waals surface area contributed by atoms with Crippen LogP contribution >= 0.6 is 23.2 Å². The maximum atomic E-state index is 8.69. The minimum absolute atomic E-state index is 0.194. The van der Waals surface area contributed by atoms with Crippen molar-refractivity contribution >= 4 is 23.2 Å². The van der Waals surface area contributed by atoms with Gasteiger partial charge in [0.25, 0.3) is 0 Å². The summed E-state index contributed by atoms with van der Waals surface area (Å²) in [6.45, 7) is 4.67. The lowest BCUT2D eigenvalue weighted by atomic mass is 10.0. The van der Waals surface area contributed by atoms with Crippen molar-refractivity contribution in [2.45, 2.75) is 46.0 Å². The third-order valence-electron chi connectivity index (χ3n) is 1.86. The van der Waals surface area contributed by atoms with Gasteiger partial charge in [-0.3, -0.25) is 0 Å². The van der Waals surface area contributed by atoms with E-state index in [-0.39, 0.29) is 5.34 Å². The second-order valence-corrected chi connectivity index (χ2v) is 4.05. The summed E-state index contributed by atoms with van der Waals surface area (Å²) in [4.78, 5) is 0. The Hall–Kier alpha value is 0.540. The van der Waals surface area contributed by atoms with Gasteiger partial charge < -0.3 is 5.11 Å². The number of unbranched alkanes of at least 4 members (excludes halogenated alkanes) is 3. The fourth-order valence-electron chi connectivity index (χ4n) is 1.01. The lowest BCUT2D eigenvalue weighted by Gasteiger charge is -2.05. The number of aliphatic hydroxyl groups is 1. The maximum absolute atomic E-state index is 8.69. The van der Waals surface area contributed by atoms with Gasteiger partial charge in [0, 0.05) is 6.61 Å². The van der Waals surface area contributed by atoms with E-state index in [1.807, 2.05) is 0 Å². The van der Waals surface area contributed by atoms with Gasteiger partial charge in [-0.2, -0.15) is 0 Å². The van der Waals surface area contributed by atoms with Gasteiger partial charge in [0.15, 0.2) is 0 Å². The van der Waals surface area contributed by atoms with Crippen LogP contribution in [0.2, 0.25) is 0 Å². The van der Waals surface area contributed by atoms with E-state index < -0.39 is 0 Å². The first kappa shape index (κ1) is 16.0. The van der Waals surface area contributed by atoms with Crippen molar-refractivity contribution in [3.05, 3.63) is 0 Å². The first-order chi connectivity index (χ1) is 6.22. The molecular formula is C10H22Cl2O. The third-order valence-corrected chi connectivity index (χ3v) is 1.86. The highest BCUT2D eigenvalue weighted by atomic mass is 35.5. The Bertz CT molecular complexity index is 79.3. The molecule has 0 aliphatic carbocycles. The molecule has 3 heteroatoms.